The molecule has 1 aliphatic rings. The molecule has 1 atom stereocenters. The summed E-state index contributed by atoms with van der Waals surface area (Å²) in [5.41, 5.74) is 0.415. The summed E-state index contributed by atoms with van der Waals surface area (Å²) >= 11 is 6.09. The third-order valence-electron chi connectivity index (χ3n) is 3.46. The fourth-order valence-electron chi connectivity index (χ4n) is 2.07. The van der Waals surface area contributed by atoms with Gasteiger partial charge >= 0.3 is 0 Å². The Balaban J connectivity index is 2.42. The quantitative estimate of drug-likeness (QED) is 0.913. The second-order valence-corrected chi connectivity index (χ2v) is 6.29. The van der Waals surface area contributed by atoms with E-state index < -0.39 is 5.60 Å². The zero-order chi connectivity index (χ0) is 15.8. The summed E-state index contributed by atoms with van der Waals surface area (Å²) in [4.78, 5) is 13.8. The predicted molar refractivity (Wildman–Crippen MR) is 84.6 cm³/mol. The Morgan fingerprint density at radius 3 is 2.81 bits per heavy atom. The van der Waals surface area contributed by atoms with Crippen molar-refractivity contribution in [3.8, 4) is 5.75 Å². The van der Waals surface area contributed by atoms with Gasteiger partial charge in [0.2, 0.25) is 5.91 Å². The van der Waals surface area contributed by atoms with Crippen LogP contribution < -0.4 is 9.64 Å². The van der Waals surface area contributed by atoms with Crippen LogP contribution in [0.15, 0.2) is 23.2 Å². The molecule has 5 heteroatoms. The van der Waals surface area contributed by atoms with E-state index in [4.69, 9.17) is 16.3 Å². The first-order valence-corrected chi connectivity index (χ1v) is 7.22. The minimum absolute atomic E-state index is 0.0171. The van der Waals surface area contributed by atoms with E-state index in [-0.39, 0.29) is 11.8 Å². The summed E-state index contributed by atoms with van der Waals surface area (Å²) in [6, 6.07) is 5.50. The first-order chi connectivity index (χ1) is 9.70. The highest BCUT2D eigenvalue weighted by atomic mass is 35.5. The molecule has 0 saturated heterocycles. The summed E-state index contributed by atoms with van der Waals surface area (Å²) in [6.45, 7) is 5.46. The monoisotopic (exact) mass is 309 g/mol. The molecule has 1 aliphatic heterocycles. The van der Waals surface area contributed by atoms with E-state index in [1.165, 1.54) is 0 Å². The maximum atomic E-state index is 12.2. The van der Waals surface area contributed by atoms with Crippen molar-refractivity contribution in [2.75, 3.05) is 18.6 Å². The lowest BCUT2D eigenvalue weighted by Crippen LogP contribution is -2.31. The molecule has 0 fully saturated rings. The third kappa shape index (κ3) is 3.39. The van der Waals surface area contributed by atoms with E-state index in [2.05, 4.69) is 0 Å². The highest BCUT2D eigenvalue weighted by molar-refractivity contribution is 6.32. The Bertz CT molecular complexity index is 590. The van der Waals surface area contributed by atoms with Gasteiger partial charge in [0, 0.05) is 12.1 Å². The van der Waals surface area contributed by atoms with E-state index in [0.29, 0.717) is 23.1 Å². The minimum atomic E-state index is -1.10. The van der Waals surface area contributed by atoms with Gasteiger partial charge < -0.3 is 14.7 Å². The lowest BCUT2D eigenvalue weighted by Gasteiger charge is -2.19. The molecule has 0 unspecified atom stereocenters. The zero-order valence-electron chi connectivity index (χ0n) is 12.7. The molecule has 1 aromatic carbocycles. The number of ether oxygens (including phenoxy) is 1. The number of benzene rings is 1. The van der Waals surface area contributed by atoms with Crippen LogP contribution in [0.5, 0.6) is 5.75 Å². The maximum Gasteiger partial charge on any atom is 0.233 e. The van der Waals surface area contributed by atoms with Gasteiger partial charge in [0.05, 0.1) is 23.8 Å². The standard InChI is InChI=1S/C16H20ClNO3/c1-10-9-21-13-6-5-11(8-14(17)16(2,3)20)7-12(13)18(4)15(10)19/h5-8,10,20H,9H2,1-4H3/b14-8-/t10-/m0/s1. The number of nitrogens with zero attached hydrogens (tertiary/aromatic N) is 1. The number of anilines is 1. The van der Waals surface area contributed by atoms with Gasteiger partial charge in [-0.15, -0.1) is 0 Å². The topological polar surface area (TPSA) is 49.8 Å². The van der Waals surface area contributed by atoms with E-state index in [0.717, 1.165) is 5.56 Å². The van der Waals surface area contributed by atoms with Gasteiger partial charge in [-0.25, -0.2) is 0 Å². The maximum absolute atomic E-state index is 12.2. The normalized spacial score (nSPS) is 19.9. The summed E-state index contributed by atoms with van der Waals surface area (Å²) in [7, 11) is 1.73. The van der Waals surface area contributed by atoms with Crippen molar-refractivity contribution < 1.29 is 14.6 Å². The molecule has 2 rings (SSSR count). The average Bonchev–Trinajstić information content (AvgIpc) is 2.51. The number of rotatable bonds is 2. The Morgan fingerprint density at radius 2 is 2.19 bits per heavy atom. The Morgan fingerprint density at radius 1 is 1.52 bits per heavy atom. The fourth-order valence-corrected chi connectivity index (χ4v) is 2.19. The number of carbonyl (C=O) groups excluding carboxylic acids is 1. The molecule has 0 saturated carbocycles. The van der Waals surface area contributed by atoms with Crippen LogP contribution in [0.1, 0.15) is 26.3 Å². The second-order valence-electron chi connectivity index (χ2n) is 5.89. The summed E-state index contributed by atoms with van der Waals surface area (Å²) in [5.74, 6) is 0.511. The first kappa shape index (κ1) is 15.9. The van der Waals surface area contributed by atoms with Gasteiger partial charge in [0.15, 0.2) is 0 Å². The molecule has 0 aromatic heterocycles. The molecular weight excluding hydrogens is 290 g/mol. The van der Waals surface area contributed by atoms with E-state index in [1.807, 2.05) is 25.1 Å². The molecular formula is C16H20ClNO3. The first-order valence-electron chi connectivity index (χ1n) is 6.84. The fraction of sp³-hybridized carbons (Fsp3) is 0.438. The number of hydrogen-bond donors (Lipinski definition) is 1. The molecule has 4 nitrogen and oxygen atoms in total. The largest absolute Gasteiger partial charge is 0.491 e. The molecule has 21 heavy (non-hydrogen) atoms. The molecule has 0 aliphatic carbocycles. The van der Waals surface area contributed by atoms with Gasteiger partial charge in [-0.05, 0) is 37.6 Å². The zero-order valence-corrected chi connectivity index (χ0v) is 13.4. The highest BCUT2D eigenvalue weighted by Crippen LogP contribution is 2.34. The molecule has 1 aromatic rings. The molecule has 1 amide bonds. The Labute approximate surface area is 130 Å². The van der Waals surface area contributed by atoms with Crippen LogP contribution in [0.25, 0.3) is 6.08 Å². The Kier molecular flexibility index (Phi) is 4.30. The van der Waals surface area contributed by atoms with Gasteiger partial charge in [-0.3, -0.25) is 4.79 Å². The number of carbonyl (C=O) groups is 1. The van der Waals surface area contributed by atoms with Crippen LogP contribution in [0, 0.1) is 5.92 Å². The molecule has 1 heterocycles. The second kappa shape index (κ2) is 5.70. The van der Waals surface area contributed by atoms with Gasteiger partial charge in [-0.1, -0.05) is 24.6 Å². The highest BCUT2D eigenvalue weighted by Gasteiger charge is 2.26. The van der Waals surface area contributed by atoms with Gasteiger partial charge in [0.25, 0.3) is 0 Å². The molecule has 114 valence electrons. The number of aliphatic hydroxyl groups is 1. The predicted octanol–water partition coefficient (Wildman–Crippen LogP) is 3.03. The molecule has 0 radical (unpaired) electrons. The summed E-state index contributed by atoms with van der Waals surface area (Å²) in [5, 5.41) is 10.2. The van der Waals surface area contributed by atoms with Crippen molar-refractivity contribution in [1.29, 1.82) is 0 Å². The molecule has 1 N–H and O–H groups in total. The van der Waals surface area contributed by atoms with Crippen molar-refractivity contribution in [1.82, 2.24) is 0 Å². The summed E-state index contributed by atoms with van der Waals surface area (Å²) < 4.78 is 5.66. The Hall–Kier alpha value is -1.52. The van der Waals surface area contributed by atoms with Crippen molar-refractivity contribution in [3.63, 3.8) is 0 Å². The van der Waals surface area contributed by atoms with Gasteiger partial charge in [-0.2, -0.15) is 0 Å². The average molecular weight is 310 g/mol. The lowest BCUT2D eigenvalue weighted by atomic mass is 10.1. The SMILES string of the molecule is C[C@H]1COc2ccc(/C=C(\Cl)C(C)(C)O)cc2N(C)C1=O. The van der Waals surface area contributed by atoms with Crippen molar-refractivity contribution in [2.24, 2.45) is 5.92 Å². The van der Waals surface area contributed by atoms with Crippen LogP contribution in [0.3, 0.4) is 0 Å². The van der Waals surface area contributed by atoms with Crippen molar-refractivity contribution in [2.45, 2.75) is 26.4 Å². The van der Waals surface area contributed by atoms with Crippen LogP contribution in [-0.4, -0.2) is 30.3 Å². The number of amides is 1. The van der Waals surface area contributed by atoms with Crippen molar-refractivity contribution >= 4 is 29.3 Å². The molecule has 0 spiro atoms. The minimum Gasteiger partial charge on any atom is -0.491 e. The van der Waals surface area contributed by atoms with Crippen LogP contribution in [-0.2, 0) is 4.79 Å². The number of fused-ring (bicyclic) bond motifs is 1. The van der Waals surface area contributed by atoms with E-state index in [9.17, 15) is 9.90 Å². The van der Waals surface area contributed by atoms with E-state index >= 15 is 0 Å². The summed E-state index contributed by atoms with van der Waals surface area (Å²) in [6.07, 6.45) is 1.69. The van der Waals surface area contributed by atoms with Crippen LogP contribution >= 0.6 is 11.6 Å². The third-order valence-corrected chi connectivity index (χ3v) is 4.03. The number of hydrogen-bond acceptors (Lipinski definition) is 3. The molecule has 0 bridgehead atoms. The van der Waals surface area contributed by atoms with Gasteiger partial charge in [0.1, 0.15) is 5.75 Å². The van der Waals surface area contributed by atoms with Crippen LogP contribution in [0.4, 0.5) is 5.69 Å². The van der Waals surface area contributed by atoms with Crippen molar-refractivity contribution in [3.05, 3.63) is 28.8 Å². The lowest BCUT2D eigenvalue weighted by molar-refractivity contribution is -0.122. The van der Waals surface area contributed by atoms with E-state index in [1.54, 1.807) is 31.9 Å². The smallest absolute Gasteiger partial charge is 0.233 e. The van der Waals surface area contributed by atoms with Crippen LogP contribution in [0.2, 0.25) is 0 Å². The number of halogens is 1.